The van der Waals surface area contributed by atoms with Crippen molar-refractivity contribution in [3.8, 4) is 5.88 Å². The van der Waals surface area contributed by atoms with E-state index in [1.165, 1.54) is 11.3 Å². The molecule has 2 aliphatic carbocycles. The van der Waals surface area contributed by atoms with Crippen LogP contribution in [0, 0.1) is 0 Å². The van der Waals surface area contributed by atoms with Gasteiger partial charge in [-0.3, -0.25) is 4.79 Å². The summed E-state index contributed by atoms with van der Waals surface area (Å²) in [5.74, 6) is -0.554. The fourth-order valence-corrected chi connectivity index (χ4v) is 4.53. The highest BCUT2D eigenvalue weighted by Crippen LogP contribution is 2.45. The largest absolute Gasteiger partial charge is 0.506 e. The summed E-state index contributed by atoms with van der Waals surface area (Å²) in [6, 6.07) is 0. The zero-order valence-electron chi connectivity index (χ0n) is 16.7. The van der Waals surface area contributed by atoms with Crippen molar-refractivity contribution in [1.82, 2.24) is 4.98 Å². The van der Waals surface area contributed by atoms with Gasteiger partial charge >= 0.3 is 0 Å². The fraction of sp³-hybridized carbons (Fsp3) is 0.381. The summed E-state index contributed by atoms with van der Waals surface area (Å²) in [6.07, 6.45) is 7.61. The van der Waals surface area contributed by atoms with Crippen molar-refractivity contribution in [3.05, 3.63) is 46.1 Å². The van der Waals surface area contributed by atoms with Gasteiger partial charge in [-0.15, -0.1) is 0 Å². The molecular weight excluding hydrogens is 374 g/mol. The number of aliphatic hydroxyl groups excluding tert-OH is 1. The minimum atomic E-state index is -0.266. The third-order valence-corrected chi connectivity index (χ3v) is 6.19. The Morgan fingerprint density at radius 1 is 1.00 bits per heavy atom. The number of nitrogens with zero attached hydrogens (tertiary/aromatic N) is 3. The molecule has 0 spiro atoms. The molecule has 28 heavy (non-hydrogen) atoms. The number of carbonyl (C=O) groups is 1. The van der Waals surface area contributed by atoms with Crippen molar-refractivity contribution in [2.24, 2.45) is 0 Å². The lowest BCUT2D eigenvalue weighted by molar-refractivity contribution is -0.519. The minimum Gasteiger partial charge on any atom is -0.506 e. The van der Waals surface area contributed by atoms with Crippen molar-refractivity contribution in [2.45, 2.75) is 27.7 Å². The minimum absolute atomic E-state index is 0.0781. The summed E-state index contributed by atoms with van der Waals surface area (Å²) in [5, 5.41) is 21.4. The monoisotopic (exact) mass is 400 g/mol. The van der Waals surface area contributed by atoms with Gasteiger partial charge in [0.15, 0.2) is 10.8 Å². The molecule has 0 unspecified atom stereocenters. The molecule has 0 atom stereocenters. The number of anilines is 1. The third kappa shape index (κ3) is 3.30. The number of thiazole rings is 1. The number of hydrogen-bond acceptors (Lipinski definition) is 6. The number of hydrogen-bond donors (Lipinski definition) is 2. The molecular formula is C21H26N3O3S+. The summed E-state index contributed by atoms with van der Waals surface area (Å²) in [5.41, 5.74) is 2.19. The van der Waals surface area contributed by atoms with Gasteiger partial charge in [0.2, 0.25) is 11.7 Å². The predicted octanol–water partition coefficient (Wildman–Crippen LogP) is 3.46. The summed E-state index contributed by atoms with van der Waals surface area (Å²) in [4.78, 5) is 19.2. The number of allylic oxidation sites excluding steroid dienone is 7. The number of aliphatic hydroxyl groups is 1. The Morgan fingerprint density at radius 2 is 1.61 bits per heavy atom. The van der Waals surface area contributed by atoms with Gasteiger partial charge in [0.05, 0.1) is 11.1 Å². The van der Waals surface area contributed by atoms with Gasteiger partial charge in [0.25, 0.3) is 0 Å². The molecule has 1 heterocycles. The first-order valence-corrected chi connectivity index (χ1v) is 10.4. The molecule has 0 aliphatic heterocycles. The van der Waals surface area contributed by atoms with Crippen LogP contribution in [0.15, 0.2) is 41.2 Å². The van der Waals surface area contributed by atoms with Crippen molar-refractivity contribution in [3.63, 3.8) is 0 Å². The molecule has 0 aromatic carbocycles. The van der Waals surface area contributed by atoms with Gasteiger partial charge in [0, 0.05) is 25.2 Å². The summed E-state index contributed by atoms with van der Waals surface area (Å²) in [7, 11) is 0. The first kappa shape index (κ1) is 20.1. The van der Waals surface area contributed by atoms with Crippen LogP contribution < -0.4 is 4.90 Å². The topological polar surface area (TPSA) is 76.7 Å². The van der Waals surface area contributed by atoms with Crippen LogP contribution in [0.4, 0.5) is 5.13 Å². The highest BCUT2D eigenvalue weighted by molar-refractivity contribution is 7.17. The van der Waals surface area contributed by atoms with Crippen molar-refractivity contribution >= 4 is 33.5 Å². The second kappa shape index (κ2) is 8.14. The standard InChI is InChI=1S/C21H25N3O3S/c1-5-23(6-2)14-11-9-13(10-12-14)15-17(25)16(18(15)26)19-20(27)22-21(28-19)24(7-3)8-4/h9-12H,5-8H2,1-4H3,(H,25,26)/p+1. The second-order valence-corrected chi connectivity index (χ2v) is 7.45. The van der Waals surface area contributed by atoms with Crippen molar-refractivity contribution in [1.29, 1.82) is 0 Å². The molecule has 0 radical (unpaired) electrons. The maximum absolute atomic E-state index is 12.8. The molecule has 0 fully saturated rings. The molecule has 148 valence electrons. The number of carbonyl (C=O) groups excluding carboxylic acids is 1. The van der Waals surface area contributed by atoms with Gasteiger partial charge in [-0.25, -0.2) is 4.58 Å². The molecule has 7 heteroatoms. The number of rotatable bonds is 6. The van der Waals surface area contributed by atoms with Gasteiger partial charge < -0.3 is 15.1 Å². The molecule has 0 saturated heterocycles. The lowest BCUT2D eigenvalue weighted by Gasteiger charge is -2.22. The summed E-state index contributed by atoms with van der Waals surface area (Å²) in [6.45, 7) is 11.5. The van der Waals surface area contributed by atoms with Crippen molar-refractivity contribution in [2.75, 3.05) is 31.1 Å². The molecule has 2 aliphatic rings. The Bertz CT molecular complexity index is 936. The molecule has 6 nitrogen and oxygen atoms in total. The van der Waals surface area contributed by atoms with E-state index in [4.69, 9.17) is 0 Å². The molecule has 1 aromatic rings. The number of Topliss-reactive ketones (excluding diaryl/α,β-unsaturated/α-hetero) is 1. The van der Waals surface area contributed by atoms with E-state index >= 15 is 0 Å². The average Bonchev–Trinajstić information content (AvgIpc) is 3.06. The normalized spacial score (nSPS) is 16.1. The first-order valence-electron chi connectivity index (χ1n) is 9.62. The van der Waals surface area contributed by atoms with Crippen LogP contribution >= 0.6 is 11.3 Å². The molecule has 3 rings (SSSR count). The smallest absolute Gasteiger partial charge is 0.232 e. The zero-order chi connectivity index (χ0) is 20.4. The average molecular weight is 401 g/mol. The van der Waals surface area contributed by atoms with Gasteiger partial charge in [-0.05, 0) is 45.4 Å². The third-order valence-electron chi connectivity index (χ3n) is 5.07. The van der Waals surface area contributed by atoms with E-state index in [1.807, 2.05) is 43.1 Å². The van der Waals surface area contributed by atoms with Gasteiger partial charge in [-0.2, -0.15) is 4.98 Å². The quantitative estimate of drug-likeness (QED) is 0.565. The second-order valence-electron chi connectivity index (χ2n) is 6.47. The predicted molar refractivity (Wildman–Crippen MR) is 114 cm³/mol. The van der Waals surface area contributed by atoms with Crippen LogP contribution in [-0.4, -0.2) is 57.4 Å². The van der Waals surface area contributed by atoms with Gasteiger partial charge in [0.1, 0.15) is 23.7 Å². The van der Waals surface area contributed by atoms with Gasteiger partial charge in [-0.1, -0.05) is 11.3 Å². The fourth-order valence-electron chi connectivity index (χ4n) is 3.40. The first-order chi connectivity index (χ1) is 13.5. The Kier molecular flexibility index (Phi) is 5.84. The lowest BCUT2D eigenvalue weighted by atomic mass is 9.83. The van der Waals surface area contributed by atoms with Crippen LogP contribution in [0.1, 0.15) is 32.6 Å². The Labute approximate surface area is 169 Å². The van der Waals surface area contributed by atoms with E-state index in [-0.39, 0.29) is 23.0 Å². The van der Waals surface area contributed by atoms with Crippen LogP contribution in [0.3, 0.4) is 0 Å². The Balaban J connectivity index is 1.96. The molecule has 2 N–H and O–H groups in total. The van der Waals surface area contributed by atoms with E-state index in [9.17, 15) is 15.0 Å². The Morgan fingerprint density at radius 3 is 2.11 bits per heavy atom. The van der Waals surface area contributed by atoms with Crippen molar-refractivity contribution < 1.29 is 19.6 Å². The number of aromatic nitrogens is 1. The van der Waals surface area contributed by atoms with E-state index in [2.05, 4.69) is 23.4 Å². The molecule has 1 aromatic heterocycles. The van der Waals surface area contributed by atoms with Crippen LogP contribution in [0.5, 0.6) is 5.88 Å². The molecule has 0 bridgehead atoms. The van der Waals surface area contributed by atoms with Crippen LogP contribution in [0.2, 0.25) is 0 Å². The SMILES string of the molecule is CCN(CC)c1nc(O)c(C2=C(O)C(=C3C=CC(=[N+](CC)CC)C=C3)C2=O)s1. The summed E-state index contributed by atoms with van der Waals surface area (Å²) >= 11 is 1.22. The highest BCUT2D eigenvalue weighted by Gasteiger charge is 2.39. The summed E-state index contributed by atoms with van der Waals surface area (Å²) < 4.78 is 2.21. The van der Waals surface area contributed by atoms with E-state index in [1.54, 1.807) is 0 Å². The molecule has 0 saturated carbocycles. The zero-order valence-corrected chi connectivity index (χ0v) is 17.5. The lowest BCUT2D eigenvalue weighted by Crippen LogP contribution is -2.23. The molecule has 0 amide bonds. The van der Waals surface area contributed by atoms with E-state index < -0.39 is 0 Å². The maximum atomic E-state index is 12.8. The maximum Gasteiger partial charge on any atom is 0.232 e. The highest BCUT2D eigenvalue weighted by atomic mass is 32.1. The van der Waals surface area contributed by atoms with E-state index in [0.717, 1.165) is 31.9 Å². The van der Waals surface area contributed by atoms with Crippen LogP contribution in [0.25, 0.3) is 5.57 Å². The van der Waals surface area contributed by atoms with E-state index in [0.29, 0.717) is 21.2 Å². The Hall–Kier alpha value is -2.67. The van der Waals surface area contributed by atoms with Crippen LogP contribution in [-0.2, 0) is 4.79 Å². The number of ketones is 1. The number of aromatic hydroxyl groups is 1.